The molecule has 1 aliphatic carbocycles. The van der Waals surface area contributed by atoms with Crippen molar-refractivity contribution in [2.24, 2.45) is 0 Å². The quantitative estimate of drug-likeness (QED) is 0.852. The number of hydrogen-bond acceptors (Lipinski definition) is 3. The third-order valence-electron chi connectivity index (χ3n) is 3.20. The Labute approximate surface area is 111 Å². The molecule has 0 amide bonds. The molecule has 0 saturated heterocycles. The molecule has 18 heavy (non-hydrogen) atoms. The zero-order valence-corrected chi connectivity index (χ0v) is 10.9. The highest BCUT2D eigenvalue weighted by Gasteiger charge is 2.30. The van der Waals surface area contributed by atoms with E-state index in [1.54, 1.807) is 7.11 Å². The second kappa shape index (κ2) is 4.61. The van der Waals surface area contributed by atoms with Crippen molar-refractivity contribution in [3.05, 3.63) is 40.9 Å². The summed E-state index contributed by atoms with van der Waals surface area (Å²) in [5.74, 6) is 2.38. The van der Waals surface area contributed by atoms with Gasteiger partial charge in [0.05, 0.1) is 13.7 Å². The second-order valence-corrected chi connectivity index (χ2v) is 4.84. The number of nitrogens with zero attached hydrogens (tertiary/aromatic N) is 3. The Hall–Kier alpha value is -1.55. The molecule has 0 spiro atoms. The molecule has 2 aromatic rings. The van der Waals surface area contributed by atoms with E-state index in [1.807, 2.05) is 28.8 Å². The van der Waals surface area contributed by atoms with Crippen LogP contribution < -0.4 is 4.74 Å². The van der Waals surface area contributed by atoms with Gasteiger partial charge in [0.15, 0.2) is 0 Å². The minimum absolute atomic E-state index is 0.447. The molecule has 0 bridgehead atoms. The first kappa shape index (κ1) is 11.5. The van der Waals surface area contributed by atoms with Crippen LogP contribution in [0, 0.1) is 0 Å². The van der Waals surface area contributed by atoms with Crippen LogP contribution in [0.25, 0.3) is 0 Å². The molecule has 0 radical (unpaired) electrons. The summed E-state index contributed by atoms with van der Waals surface area (Å²) in [5, 5.41) is 8.58. The third kappa shape index (κ3) is 2.08. The van der Waals surface area contributed by atoms with Crippen LogP contribution in [-0.4, -0.2) is 21.9 Å². The molecule has 0 N–H and O–H groups in total. The van der Waals surface area contributed by atoms with Crippen molar-refractivity contribution in [1.82, 2.24) is 14.8 Å². The first-order valence-corrected chi connectivity index (χ1v) is 6.38. The maximum absolute atomic E-state index is 6.11. The van der Waals surface area contributed by atoms with Gasteiger partial charge in [-0.25, -0.2) is 0 Å². The summed E-state index contributed by atoms with van der Waals surface area (Å²) >= 11 is 6.11. The van der Waals surface area contributed by atoms with Crippen LogP contribution in [-0.2, 0) is 6.54 Å². The van der Waals surface area contributed by atoms with Crippen molar-refractivity contribution in [3.63, 3.8) is 0 Å². The largest absolute Gasteiger partial charge is 0.496 e. The highest BCUT2D eigenvalue weighted by molar-refractivity contribution is 6.28. The smallest absolute Gasteiger partial charge is 0.225 e. The summed E-state index contributed by atoms with van der Waals surface area (Å²) < 4.78 is 7.32. The van der Waals surface area contributed by atoms with Crippen molar-refractivity contribution in [2.45, 2.75) is 25.3 Å². The van der Waals surface area contributed by atoms with Gasteiger partial charge in [-0.2, -0.15) is 0 Å². The Morgan fingerprint density at radius 3 is 2.83 bits per heavy atom. The highest BCUT2D eigenvalue weighted by Crippen LogP contribution is 2.40. The van der Waals surface area contributed by atoms with Gasteiger partial charge in [0.1, 0.15) is 11.6 Å². The van der Waals surface area contributed by atoms with Crippen molar-refractivity contribution in [3.8, 4) is 5.75 Å². The monoisotopic (exact) mass is 263 g/mol. The van der Waals surface area contributed by atoms with Gasteiger partial charge in [-0.1, -0.05) is 18.2 Å². The summed E-state index contributed by atoms with van der Waals surface area (Å²) in [6.07, 6.45) is 2.36. The molecule has 0 unspecified atom stereocenters. The molecule has 5 heteroatoms. The van der Waals surface area contributed by atoms with Gasteiger partial charge in [-0.05, 0) is 30.5 Å². The molecule has 0 aliphatic heterocycles. The van der Waals surface area contributed by atoms with Gasteiger partial charge in [0.2, 0.25) is 5.28 Å². The maximum Gasteiger partial charge on any atom is 0.225 e. The average Bonchev–Trinajstić information content (AvgIpc) is 3.17. The predicted molar refractivity (Wildman–Crippen MR) is 69.1 cm³/mol. The lowest BCUT2D eigenvalue weighted by molar-refractivity contribution is 0.408. The van der Waals surface area contributed by atoms with Crippen LogP contribution in [0.2, 0.25) is 5.28 Å². The number of methoxy groups -OCH3 is 1. The topological polar surface area (TPSA) is 39.9 Å². The fourth-order valence-corrected chi connectivity index (χ4v) is 2.27. The van der Waals surface area contributed by atoms with Gasteiger partial charge in [0, 0.05) is 11.5 Å². The van der Waals surface area contributed by atoms with E-state index in [-0.39, 0.29) is 0 Å². The minimum Gasteiger partial charge on any atom is -0.496 e. The van der Waals surface area contributed by atoms with Gasteiger partial charge in [-0.3, -0.25) is 4.57 Å². The van der Waals surface area contributed by atoms with Crippen LogP contribution >= 0.6 is 11.6 Å². The number of aromatic nitrogens is 3. The molecule has 1 aromatic heterocycles. The van der Waals surface area contributed by atoms with Crippen molar-refractivity contribution in [2.75, 3.05) is 7.11 Å². The number of para-hydroxylation sites is 1. The number of rotatable bonds is 4. The van der Waals surface area contributed by atoms with Crippen LogP contribution in [0.4, 0.5) is 0 Å². The lowest BCUT2D eigenvalue weighted by atomic mass is 10.2. The van der Waals surface area contributed by atoms with Crippen molar-refractivity contribution < 1.29 is 4.74 Å². The Kier molecular flexibility index (Phi) is 2.96. The van der Waals surface area contributed by atoms with E-state index in [0.29, 0.717) is 17.7 Å². The second-order valence-electron chi connectivity index (χ2n) is 4.50. The zero-order valence-electron chi connectivity index (χ0n) is 10.1. The molecule has 1 aromatic carbocycles. The third-order valence-corrected chi connectivity index (χ3v) is 3.48. The van der Waals surface area contributed by atoms with Crippen molar-refractivity contribution >= 4 is 11.6 Å². The molecule has 4 nitrogen and oxygen atoms in total. The average molecular weight is 264 g/mol. The summed E-state index contributed by atoms with van der Waals surface area (Å²) in [4.78, 5) is 0. The van der Waals surface area contributed by atoms with Crippen LogP contribution in [0.5, 0.6) is 5.75 Å². The van der Waals surface area contributed by atoms with Gasteiger partial charge in [0.25, 0.3) is 0 Å². The van der Waals surface area contributed by atoms with Gasteiger partial charge in [-0.15, -0.1) is 10.2 Å². The fraction of sp³-hybridized carbons (Fsp3) is 0.385. The van der Waals surface area contributed by atoms with Gasteiger partial charge >= 0.3 is 0 Å². The summed E-state index contributed by atoms with van der Waals surface area (Å²) in [7, 11) is 1.68. The molecule has 3 rings (SSSR count). The lowest BCUT2D eigenvalue weighted by Gasteiger charge is -2.11. The van der Waals surface area contributed by atoms with Crippen LogP contribution in [0.1, 0.15) is 30.1 Å². The van der Waals surface area contributed by atoms with E-state index in [1.165, 1.54) is 12.8 Å². The predicted octanol–water partition coefficient (Wildman–Crippen LogP) is 2.87. The van der Waals surface area contributed by atoms with Crippen LogP contribution in [0.3, 0.4) is 0 Å². The summed E-state index contributed by atoms with van der Waals surface area (Å²) in [6.45, 7) is 0.654. The van der Waals surface area contributed by atoms with E-state index in [9.17, 15) is 0 Å². The highest BCUT2D eigenvalue weighted by atomic mass is 35.5. The number of hydrogen-bond donors (Lipinski definition) is 0. The first-order chi connectivity index (χ1) is 8.79. The van der Waals surface area contributed by atoms with Crippen LogP contribution in [0.15, 0.2) is 24.3 Å². The SMILES string of the molecule is COc1ccccc1Cn1c(Cl)nnc1C1CC1. The standard InChI is InChI=1S/C13H14ClN3O/c1-18-11-5-3-2-4-10(11)8-17-12(9-6-7-9)15-16-13(17)14/h2-5,9H,6-8H2,1H3. The number of halogens is 1. The molecular formula is C13H14ClN3O. The molecular weight excluding hydrogens is 250 g/mol. The van der Waals surface area contributed by atoms with E-state index in [4.69, 9.17) is 16.3 Å². The van der Waals surface area contributed by atoms with Crippen molar-refractivity contribution in [1.29, 1.82) is 0 Å². The molecule has 1 aliphatic rings. The molecule has 1 fully saturated rings. The summed E-state index contributed by atoms with van der Waals surface area (Å²) in [5.41, 5.74) is 1.09. The van der Waals surface area contributed by atoms with E-state index < -0.39 is 0 Å². The number of ether oxygens (including phenoxy) is 1. The normalized spacial score (nSPS) is 14.8. The Balaban J connectivity index is 1.94. The maximum atomic E-state index is 6.11. The lowest BCUT2D eigenvalue weighted by Crippen LogP contribution is -2.06. The van der Waals surface area contributed by atoms with E-state index in [2.05, 4.69) is 10.2 Å². The Morgan fingerprint density at radius 2 is 2.11 bits per heavy atom. The Bertz CT molecular complexity index is 563. The zero-order chi connectivity index (χ0) is 12.5. The molecule has 1 saturated carbocycles. The fourth-order valence-electron chi connectivity index (χ4n) is 2.09. The first-order valence-electron chi connectivity index (χ1n) is 6.00. The number of benzene rings is 1. The molecule has 1 heterocycles. The van der Waals surface area contributed by atoms with E-state index >= 15 is 0 Å². The Morgan fingerprint density at radius 1 is 1.33 bits per heavy atom. The van der Waals surface area contributed by atoms with E-state index in [0.717, 1.165) is 17.1 Å². The van der Waals surface area contributed by atoms with Gasteiger partial charge < -0.3 is 4.74 Å². The summed E-state index contributed by atoms with van der Waals surface area (Å²) in [6, 6.07) is 7.93. The molecule has 0 atom stereocenters. The molecule has 94 valence electrons. The minimum atomic E-state index is 0.447.